The molecule has 0 aromatic heterocycles. The number of hydrogen-bond donors (Lipinski definition) is 1. The van der Waals surface area contributed by atoms with Gasteiger partial charge in [-0.3, -0.25) is 10.2 Å². The van der Waals surface area contributed by atoms with Gasteiger partial charge in [0.15, 0.2) is 0 Å². The number of para-hydroxylation sites is 2. The lowest BCUT2D eigenvalue weighted by molar-refractivity contribution is 0.140. The van der Waals surface area contributed by atoms with Crippen LogP contribution in [0.3, 0.4) is 0 Å². The van der Waals surface area contributed by atoms with Crippen LogP contribution >= 0.6 is 12.4 Å². The van der Waals surface area contributed by atoms with Gasteiger partial charge < -0.3 is 9.47 Å². The maximum absolute atomic E-state index is 12.1. The predicted molar refractivity (Wildman–Crippen MR) is 122 cm³/mol. The van der Waals surface area contributed by atoms with Crippen molar-refractivity contribution in [2.24, 2.45) is 0 Å². The van der Waals surface area contributed by atoms with Gasteiger partial charge in [-0.15, -0.1) is 12.4 Å². The fourth-order valence-corrected chi connectivity index (χ4v) is 3.53. The molecule has 0 aliphatic carbocycles. The van der Waals surface area contributed by atoms with Crippen LogP contribution in [0.25, 0.3) is 0 Å². The minimum Gasteiger partial charge on any atom is -0.491 e. The molecule has 5 nitrogen and oxygen atoms in total. The van der Waals surface area contributed by atoms with Gasteiger partial charge in [0.1, 0.15) is 12.4 Å². The van der Waals surface area contributed by atoms with E-state index >= 15 is 0 Å². The first-order valence-corrected chi connectivity index (χ1v) is 11.2. The summed E-state index contributed by atoms with van der Waals surface area (Å²) in [4.78, 5) is 14.5. The van der Waals surface area contributed by atoms with Crippen LogP contribution in [0.1, 0.15) is 71.1 Å². The number of carbonyl (C=O) groups excluding carboxylic acids is 1. The Kier molecular flexibility index (Phi) is 14.4. The molecule has 0 atom stereocenters. The maximum atomic E-state index is 12.1. The fraction of sp³-hybridized carbons (Fsp3) is 0.696. The smallest absolute Gasteiger partial charge is 0.411 e. The zero-order valence-electron chi connectivity index (χ0n) is 18.0. The Morgan fingerprint density at radius 3 is 2.41 bits per heavy atom. The summed E-state index contributed by atoms with van der Waals surface area (Å²) in [6.07, 6.45) is 12.1. The number of likely N-dealkylation sites (tertiary alicyclic amines) is 1. The number of benzene rings is 1. The van der Waals surface area contributed by atoms with Gasteiger partial charge in [-0.05, 0) is 44.5 Å². The first kappa shape index (κ1) is 25.6. The largest absolute Gasteiger partial charge is 0.491 e. The molecule has 2 rings (SSSR count). The van der Waals surface area contributed by atoms with Gasteiger partial charge in [-0.2, -0.15) is 0 Å². The fourth-order valence-electron chi connectivity index (χ4n) is 3.53. The van der Waals surface area contributed by atoms with Gasteiger partial charge >= 0.3 is 6.09 Å². The highest BCUT2D eigenvalue weighted by Gasteiger charge is 2.11. The molecule has 1 fully saturated rings. The number of ether oxygens (including phenoxy) is 2. The molecule has 1 aromatic carbocycles. The van der Waals surface area contributed by atoms with E-state index in [9.17, 15) is 4.79 Å². The van der Waals surface area contributed by atoms with Crippen molar-refractivity contribution in [2.75, 3.05) is 38.2 Å². The highest BCUT2D eigenvalue weighted by molar-refractivity contribution is 5.86. The number of halogens is 1. The molecule has 1 aromatic rings. The summed E-state index contributed by atoms with van der Waals surface area (Å²) in [6, 6.07) is 7.56. The van der Waals surface area contributed by atoms with Crippen molar-refractivity contribution in [1.29, 1.82) is 0 Å². The van der Waals surface area contributed by atoms with Crippen molar-refractivity contribution in [3.63, 3.8) is 0 Å². The topological polar surface area (TPSA) is 50.8 Å². The zero-order valence-corrected chi connectivity index (χ0v) is 18.8. The van der Waals surface area contributed by atoms with Crippen LogP contribution in [0.5, 0.6) is 5.75 Å². The van der Waals surface area contributed by atoms with Crippen molar-refractivity contribution >= 4 is 24.2 Å². The van der Waals surface area contributed by atoms with Crippen LogP contribution in [0, 0.1) is 0 Å². The lowest BCUT2D eigenvalue weighted by Crippen LogP contribution is -2.30. The SMILES string of the molecule is CCCCCCCCOc1ccccc1NC(=O)OCCN1CCCCCC1.Cl. The molecule has 1 amide bonds. The second-order valence-corrected chi connectivity index (χ2v) is 7.63. The van der Waals surface area contributed by atoms with Crippen molar-refractivity contribution in [1.82, 2.24) is 4.90 Å². The second kappa shape index (κ2) is 16.3. The summed E-state index contributed by atoms with van der Waals surface area (Å²) >= 11 is 0. The minimum atomic E-state index is -0.412. The number of unbranched alkanes of at least 4 members (excludes halogenated alkanes) is 5. The van der Waals surface area contributed by atoms with E-state index in [-0.39, 0.29) is 12.4 Å². The van der Waals surface area contributed by atoms with E-state index in [0.29, 0.717) is 24.7 Å². The van der Waals surface area contributed by atoms with Crippen molar-refractivity contribution in [2.45, 2.75) is 71.1 Å². The summed E-state index contributed by atoms with van der Waals surface area (Å²) in [5, 5.41) is 2.82. The third-order valence-corrected chi connectivity index (χ3v) is 5.22. The zero-order chi connectivity index (χ0) is 19.9. The van der Waals surface area contributed by atoms with E-state index < -0.39 is 6.09 Å². The molecule has 29 heavy (non-hydrogen) atoms. The standard InChI is InChI=1S/C23H38N2O3.ClH/c1-2-3-4-5-8-13-19-27-22-15-10-9-14-21(22)24-23(26)28-20-18-25-16-11-6-7-12-17-25;/h9-10,14-15H,2-8,11-13,16-20H2,1H3,(H,24,26);1H. The third-order valence-electron chi connectivity index (χ3n) is 5.22. The van der Waals surface area contributed by atoms with Gasteiger partial charge in [-0.25, -0.2) is 4.79 Å². The van der Waals surface area contributed by atoms with Crippen LogP contribution in [0.2, 0.25) is 0 Å². The van der Waals surface area contributed by atoms with E-state index in [4.69, 9.17) is 9.47 Å². The number of anilines is 1. The highest BCUT2D eigenvalue weighted by atomic mass is 35.5. The molecular formula is C23H39ClN2O3. The minimum absolute atomic E-state index is 0. The molecule has 1 saturated heterocycles. The number of amides is 1. The summed E-state index contributed by atoms with van der Waals surface area (Å²) in [5.41, 5.74) is 0.674. The lowest BCUT2D eigenvalue weighted by Gasteiger charge is -2.19. The number of carbonyl (C=O) groups is 1. The summed E-state index contributed by atoms with van der Waals surface area (Å²) in [5.74, 6) is 0.709. The van der Waals surface area contributed by atoms with Crippen LogP contribution in [0.15, 0.2) is 24.3 Å². The first-order valence-electron chi connectivity index (χ1n) is 11.2. The Labute approximate surface area is 182 Å². The molecule has 166 valence electrons. The predicted octanol–water partition coefficient (Wildman–Crippen LogP) is 6.27. The monoisotopic (exact) mass is 426 g/mol. The summed E-state index contributed by atoms with van der Waals surface area (Å²) in [7, 11) is 0. The van der Waals surface area contributed by atoms with E-state index in [1.807, 2.05) is 24.3 Å². The Balaban J connectivity index is 0.00000420. The van der Waals surface area contributed by atoms with E-state index in [1.54, 1.807) is 0 Å². The Morgan fingerprint density at radius 2 is 1.66 bits per heavy atom. The van der Waals surface area contributed by atoms with E-state index in [0.717, 1.165) is 26.1 Å². The molecule has 1 aliphatic heterocycles. The summed E-state index contributed by atoms with van der Waals surface area (Å²) < 4.78 is 11.3. The number of nitrogens with one attached hydrogen (secondary N) is 1. The average Bonchev–Trinajstić information content (AvgIpc) is 2.97. The highest BCUT2D eigenvalue weighted by Crippen LogP contribution is 2.24. The molecule has 0 bridgehead atoms. The van der Waals surface area contributed by atoms with E-state index in [2.05, 4.69) is 17.1 Å². The van der Waals surface area contributed by atoms with Crippen molar-refractivity contribution in [3.05, 3.63) is 24.3 Å². The van der Waals surface area contributed by atoms with Gasteiger partial charge in [-0.1, -0.05) is 64.0 Å². The maximum Gasteiger partial charge on any atom is 0.411 e. The molecule has 6 heteroatoms. The van der Waals surface area contributed by atoms with E-state index in [1.165, 1.54) is 57.8 Å². The second-order valence-electron chi connectivity index (χ2n) is 7.63. The van der Waals surface area contributed by atoms with Crippen molar-refractivity contribution < 1.29 is 14.3 Å². The third kappa shape index (κ3) is 11.3. The van der Waals surface area contributed by atoms with Crippen molar-refractivity contribution in [3.8, 4) is 5.75 Å². The van der Waals surface area contributed by atoms with Crippen LogP contribution in [-0.4, -0.2) is 43.8 Å². The number of nitrogens with zero attached hydrogens (tertiary/aromatic N) is 1. The molecule has 1 aliphatic rings. The average molecular weight is 427 g/mol. The molecule has 1 heterocycles. The molecular weight excluding hydrogens is 388 g/mol. The molecule has 1 N–H and O–H groups in total. The van der Waals surface area contributed by atoms with Gasteiger partial charge in [0, 0.05) is 6.54 Å². The molecule has 0 unspecified atom stereocenters. The molecule has 0 saturated carbocycles. The van der Waals surface area contributed by atoms with Crippen LogP contribution < -0.4 is 10.1 Å². The normalized spacial score (nSPS) is 14.5. The van der Waals surface area contributed by atoms with Gasteiger partial charge in [0.25, 0.3) is 0 Å². The molecule has 0 spiro atoms. The lowest BCUT2D eigenvalue weighted by atomic mass is 10.1. The van der Waals surface area contributed by atoms with Gasteiger partial charge in [0.2, 0.25) is 0 Å². The number of rotatable bonds is 12. The molecule has 0 radical (unpaired) electrons. The first-order chi connectivity index (χ1) is 13.8. The Hall–Kier alpha value is -1.46. The quantitative estimate of drug-likeness (QED) is 0.400. The summed E-state index contributed by atoms with van der Waals surface area (Å²) in [6.45, 7) is 6.36. The Bertz CT molecular complexity index is 549. The Morgan fingerprint density at radius 1 is 0.966 bits per heavy atom. The van der Waals surface area contributed by atoms with Crippen LogP contribution in [-0.2, 0) is 4.74 Å². The van der Waals surface area contributed by atoms with Gasteiger partial charge in [0.05, 0.1) is 12.3 Å². The number of hydrogen-bond acceptors (Lipinski definition) is 4. The van der Waals surface area contributed by atoms with Crippen LogP contribution in [0.4, 0.5) is 10.5 Å².